The Labute approximate surface area is 182 Å². The Morgan fingerprint density at radius 3 is 2.58 bits per heavy atom. The van der Waals surface area contributed by atoms with Crippen LogP contribution in [0.1, 0.15) is 42.8 Å². The van der Waals surface area contributed by atoms with Gasteiger partial charge in [-0.1, -0.05) is 0 Å². The fraction of sp³-hybridized carbons (Fsp3) is 0.522. The van der Waals surface area contributed by atoms with Crippen LogP contribution >= 0.6 is 0 Å². The summed E-state index contributed by atoms with van der Waals surface area (Å²) in [5.74, 6) is 2.16. The van der Waals surface area contributed by atoms with Crippen LogP contribution in [0.4, 0.5) is 10.2 Å². The molecule has 2 aliphatic heterocycles. The highest BCUT2D eigenvalue weighted by Gasteiger charge is 2.30. The van der Waals surface area contributed by atoms with Gasteiger partial charge in [-0.05, 0) is 57.5 Å². The number of aromatic nitrogens is 2. The van der Waals surface area contributed by atoms with Gasteiger partial charge in [-0.2, -0.15) is 0 Å². The van der Waals surface area contributed by atoms with Crippen molar-refractivity contribution in [3.8, 4) is 5.75 Å². The Bertz CT molecular complexity index is 928. The molecule has 2 aromatic rings. The molecule has 1 fully saturated rings. The summed E-state index contributed by atoms with van der Waals surface area (Å²) in [7, 11) is 4.03. The number of ether oxygens (including phenoxy) is 1. The first-order valence-electron chi connectivity index (χ1n) is 10.9. The fourth-order valence-corrected chi connectivity index (χ4v) is 4.35. The maximum atomic E-state index is 13.1. The Morgan fingerprint density at radius 2 is 1.90 bits per heavy atom. The number of amides is 1. The van der Waals surface area contributed by atoms with Crippen LogP contribution in [-0.4, -0.2) is 65.5 Å². The van der Waals surface area contributed by atoms with Gasteiger partial charge in [-0.15, -0.1) is 0 Å². The lowest BCUT2D eigenvalue weighted by atomic mass is 9.94. The average Bonchev–Trinajstić information content (AvgIpc) is 2.79. The van der Waals surface area contributed by atoms with Gasteiger partial charge >= 0.3 is 0 Å². The van der Waals surface area contributed by atoms with Gasteiger partial charge < -0.3 is 19.9 Å². The van der Waals surface area contributed by atoms with Crippen molar-refractivity contribution in [2.75, 3.05) is 39.0 Å². The average molecular weight is 428 g/mol. The molecule has 7 nitrogen and oxygen atoms in total. The Hall–Kier alpha value is -2.74. The van der Waals surface area contributed by atoms with Gasteiger partial charge in [0.05, 0.1) is 5.69 Å². The van der Waals surface area contributed by atoms with Crippen molar-refractivity contribution in [3.63, 3.8) is 0 Å². The summed E-state index contributed by atoms with van der Waals surface area (Å²) < 4.78 is 18.8. The standard InChI is InChI=1S/C23H30FN5O2/c1-15(31-18-6-4-17(24)5-7-18)23(30)29-12-8-16(9-13-29)21-26-20-14-28(3)11-10-19(20)22(25-2)27-21/h4-7,15-16H,8-14H2,1-3H3,(H,25,26,27)/t15-/m0/s1. The summed E-state index contributed by atoms with van der Waals surface area (Å²) in [6, 6.07) is 5.73. The second kappa shape index (κ2) is 9.18. The van der Waals surface area contributed by atoms with Crippen molar-refractivity contribution >= 4 is 11.7 Å². The van der Waals surface area contributed by atoms with E-state index in [0.717, 1.165) is 49.7 Å². The van der Waals surface area contributed by atoms with Gasteiger partial charge in [-0.25, -0.2) is 14.4 Å². The number of likely N-dealkylation sites (N-methyl/N-ethyl adjacent to an activating group) is 1. The first kappa shape index (κ1) is 21.5. The van der Waals surface area contributed by atoms with E-state index in [1.54, 1.807) is 6.92 Å². The smallest absolute Gasteiger partial charge is 0.263 e. The number of hydrogen-bond donors (Lipinski definition) is 1. The summed E-state index contributed by atoms with van der Waals surface area (Å²) in [6.07, 6.45) is 1.99. The molecule has 4 rings (SSSR count). The van der Waals surface area contributed by atoms with Crippen LogP contribution in [0.5, 0.6) is 5.75 Å². The van der Waals surface area contributed by atoms with E-state index in [0.29, 0.717) is 18.8 Å². The molecule has 31 heavy (non-hydrogen) atoms. The summed E-state index contributed by atoms with van der Waals surface area (Å²) in [4.78, 5) is 26.7. The highest BCUT2D eigenvalue weighted by Crippen LogP contribution is 2.30. The van der Waals surface area contributed by atoms with E-state index in [1.807, 2.05) is 11.9 Å². The number of halogens is 1. The zero-order valence-corrected chi connectivity index (χ0v) is 18.4. The van der Waals surface area contributed by atoms with Crippen LogP contribution in [0, 0.1) is 5.82 Å². The first-order chi connectivity index (χ1) is 14.9. The highest BCUT2D eigenvalue weighted by molar-refractivity contribution is 5.81. The zero-order valence-electron chi connectivity index (χ0n) is 18.4. The predicted octanol–water partition coefficient (Wildman–Crippen LogP) is 2.82. The number of carbonyl (C=O) groups is 1. The molecular weight excluding hydrogens is 397 g/mol. The molecule has 166 valence electrons. The minimum Gasteiger partial charge on any atom is -0.481 e. The number of nitrogens with one attached hydrogen (secondary N) is 1. The maximum Gasteiger partial charge on any atom is 0.263 e. The molecule has 0 unspecified atom stereocenters. The van der Waals surface area contributed by atoms with Crippen LogP contribution in [0.2, 0.25) is 0 Å². The molecule has 0 spiro atoms. The minimum atomic E-state index is -0.617. The molecular formula is C23H30FN5O2. The molecule has 0 bridgehead atoms. The van der Waals surface area contributed by atoms with Crippen molar-refractivity contribution in [2.45, 2.75) is 44.8 Å². The van der Waals surface area contributed by atoms with E-state index in [-0.39, 0.29) is 17.6 Å². The Morgan fingerprint density at radius 1 is 1.19 bits per heavy atom. The van der Waals surface area contributed by atoms with Crippen LogP contribution in [0.25, 0.3) is 0 Å². The summed E-state index contributed by atoms with van der Waals surface area (Å²) in [5, 5.41) is 3.24. The molecule has 0 aliphatic carbocycles. The molecule has 1 aromatic carbocycles. The van der Waals surface area contributed by atoms with Gasteiger partial charge in [0.15, 0.2) is 6.10 Å². The SMILES string of the molecule is CNc1nc(C2CCN(C(=O)[C@H](C)Oc3ccc(F)cc3)CC2)nc2c1CCN(C)C2. The molecule has 1 amide bonds. The van der Waals surface area contributed by atoms with Crippen molar-refractivity contribution in [3.05, 3.63) is 47.2 Å². The second-order valence-corrected chi connectivity index (χ2v) is 8.41. The van der Waals surface area contributed by atoms with Crippen molar-refractivity contribution in [1.82, 2.24) is 19.8 Å². The lowest BCUT2D eigenvalue weighted by molar-refractivity contribution is -0.139. The van der Waals surface area contributed by atoms with E-state index >= 15 is 0 Å². The van der Waals surface area contributed by atoms with Gasteiger partial charge in [-0.3, -0.25) is 4.79 Å². The molecule has 1 saturated heterocycles. The normalized spacial score (nSPS) is 18.4. The second-order valence-electron chi connectivity index (χ2n) is 8.41. The molecule has 1 aromatic heterocycles. The van der Waals surface area contributed by atoms with Crippen LogP contribution < -0.4 is 10.1 Å². The fourth-order valence-electron chi connectivity index (χ4n) is 4.35. The number of hydrogen-bond acceptors (Lipinski definition) is 6. The molecule has 3 heterocycles. The van der Waals surface area contributed by atoms with Crippen LogP contribution in [0.15, 0.2) is 24.3 Å². The molecule has 0 saturated carbocycles. The number of likely N-dealkylation sites (tertiary alicyclic amines) is 1. The predicted molar refractivity (Wildman–Crippen MR) is 117 cm³/mol. The van der Waals surface area contributed by atoms with E-state index in [9.17, 15) is 9.18 Å². The zero-order chi connectivity index (χ0) is 22.0. The topological polar surface area (TPSA) is 70.6 Å². The van der Waals surface area contributed by atoms with E-state index in [2.05, 4.69) is 17.3 Å². The van der Waals surface area contributed by atoms with Crippen molar-refractivity contribution in [2.24, 2.45) is 0 Å². The lowest BCUT2D eigenvalue weighted by Crippen LogP contribution is -2.44. The summed E-state index contributed by atoms with van der Waals surface area (Å²) in [6.45, 7) is 4.89. The van der Waals surface area contributed by atoms with Crippen LogP contribution in [-0.2, 0) is 17.8 Å². The monoisotopic (exact) mass is 427 g/mol. The van der Waals surface area contributed by atoms with Crippen molar-refractivity contribution in [1.29, 1.82) is 0 Å². The van der Waals surface area contributed by atoms with E-state index in [4.69, 9.17) is 14.7 Å². The van der Waals surface area contributed by atoms with E-state index in [1.165, 1.54) is 29.8 Å². The molecule has 1 atom stereocenters. The Balaban J connectivity index is 1.38. The summed E-state index contributed by atoms with van der Waals surface area (Å²) >= 11 is 0. The number of fused-ring (bicyclic) bond motifs is 1. The molecule has 1 N–H and O–H groups in total. The highest BCUT2D eigenvalue weighted by atomic mass is 19.1. The number of piperidine rings is 1. The molecule has 0 radical (unpaired) electrons. The van der Waals surface area contributed by atoms with Gasteiger partial charge in [0.2, 0.25) is 0 Å². The van der Waals surface area contributed by atoms with Crippen LogP contribution in [0.3, 0.4) is 0 Å². The third kappa shape index (κ3) is 4.79. The maximum absolute atomic E-state index is 13.1. The number of carbonyl (C=O) groups excluding carboxylic acids is 1. The summed E-state index contributed by atoms with van der Waals surface area (Å²) in [5.41, 5.74) is 2.34. The van der Waals surface area contributed by atoms with Gasteiger partial charge in [0.1, 0.15) is 23.2 Å². The lowest BCUT2D eigenvalue weighted by Gasteiger charge is -2.33. The third-order valence-corrected chi connectivity index (χ3v) is 6.16. The number of anilines is 1. The number of nitrogens with zero attached hydrogens (tertiary/aromatic N) is 4. The van der Waals surface area contributed by atoms with Gasteiger partial charge in [0, 0.05) is 44.7 Å². The number of benzene rings is 1. The van der Waals surface area contributed by atoms with Gasteiger partial charge in [0.25, 0.3) is 5.91 Å². The first-order valence-corrected chi connectivity index (χ1v) is 10.9. The minimum absolute atomic E-state index is 0.0494. The van der Waals surface area contributed by atoms with E-state index < -0.39 is 6.10 Å². The Kier molecular flexibility index (Phi) is 6.36. The number of rotatable bonds is 5. The quantitative estimate of drug-likeness (QED) is 0.791. The molecule has 8 heteroatoms. The largest absolute Gasteiger partial charge is 0.481 e. The van der Waals surface area contributed by atoms with Crippen molar-refractivity contribution < 1.29 is 13.9 Å². The molecule has 2 aliphatic rings. The third-order valence-electron chi connectivity index (χ3n) is 6.16.